The molecule has 3 rings (SSSR count). The number of nitrogens with zero attached hydrogens (tertiary/aromatic N) is 2. The number of hydrogen-bond acceptors (Lipinski definition) is 3. The number of hydrogen-bond donors (Lipinski definition) is 2. The molecule has 0 amide bonds. The van der Waals surface area contributed by atoms with Crippen molar-refractivity contribution in [3.63, 3.8) is 0 Å². The largest absolute Gasteiger partial charge is 0.389 e. The summed E-state index contributed by atoms with van der Waals surface area (Å²) in [7, 11) is 1.82. The number of benzene rings is 2. The summed E-state index contributed by atoms with van der Waals surface area (Å²) in [5.74, 6) is 0. The molecule has 2 aromatic carbocycles. The Morgan fingerprint density at radius 3 is 2.46 bits per heavy atom. The number of nitriles is 1. The van der Waals surface area contributed by atoms with Gasteiger partial charge in [-0.25, -0.2) is 0 Å². The predicted molar refractivity (Wildman–Crippen MR) is 98.4 cm³/mol. The van der Waals surface area contributed by atoms with Crippen LogP contribution in [0.25, 0.3) is 10.9 Å². The van der Waals surface area contributed by atoms with Gasteiger partial charge in [0, 0.05) is 18.1 Å². The number of nitrogens with one attached hydrogen (secondary N) is 1. The molecule has 2 N–H and O–H groups in total. The van der Waals surface area contributed by atoms with Crippen LogP contribution in [0.5, 0.6) is 0 Å². The van der Waals surface area contributed by atoms with Gasteiger partial charge in [0.2, 0.25) is 0 Å². The molecular formula is C19H20ClN3O. The Morgan fingerprint density at radius 1 is 1.12 bits per heavy atom. The molecule has 1 heterocycles. The number of fused-ring (bicyclic) bond motifs is 1. The van der Waals surface area contributed by atoms with Crippen molar-refractivity contribution in [3.8, 4) is 6.07 Å². The van der Waals surface area contributed by atoms with Gasteiger partial charge in [-0.05, 0) is 18.7 Å². The highest BCUT2D eigenvalue weighted by molar-refractivity contribution is 5.86. The van der Waals surface area contributed by atoms with Gasteiger partial charge in [0.25, 0.3) is 0 Å². The quantitative estimate of drug-likeness (QED) is 0.749. The molecule has 2 unspecified atom stereocenters. The molecule has 124 valence electrons. The Balaban J connectivity index is 0.00000208. The molecule has 2 atom stereocenters. The van der Waals surface area contributed by atoms with Crippen LogP contribution >= 0.6 is 12.4 Å². The summed E-state index contributed by atoms with van der Waals surface area (Å²) in [6.07, 6.45) is 1.23. The number of halogens is 1. The summed E-state index contributed by atoms with van der Waals surface area (Å²) < 4.78 is 2.01. The zero-order valence-electron chi connectivity index (χ0n) is 13.4. The topological polar surface area (TPSA) is 61.0 Å². The standard InChI is InChI=1S/C19H19N3O.ClH/c1-21-12-18(23)19(14-7-3-2-4-8-14)22-13-15(11-20)16-9-5-6-10-17(16)22;/h2-10,13,18-19,21,23H,12H2,1H3;1H. The van der Waals surface area contributed by atoms with Gasteiger partial charge in [-0.15, -0.1) is 12.4 Å². The zero-order valence-corrected chi connectivity index (χ0v) is 14.2. The first-order chi connectivity index (χ1) is 11.3. The van der Waals surface area contributed by atoms with E-state index in [1.54, 1.807) is 0 Å². The predicted octanol–water partition coefficient (Wildman–Crippen LogP) is 3.10. The Hall–Kier alpha value is -2.32. The molecule has 1 aromatic heterocycles. The first kappa shape index (κ1) is 18.0. The van der Waals surface area contributed by atoms with Crippen molar-refractivity contribution in [2.24, 2.45) is 0 Å². The van der Waals surface area contributed by atoms with Crippen LogP contribution in [0.2, 0.25) is 0 Å². The summed E-state index contributed by atoms with van der Waals surface area (Å²) in [6, 6.07) is 19.7. The highest BCUT2D eigenvalue weighted by Gasteiger charge is 2.24. The molecular weight excluding hydrogens is 322 g/mol. The second kappa shape index (κ2) is 7.98. The van der Waals surface area contributed by atoms with Crippen LogP contribution in [0.1, 0.15) is 17.2 Å². The molecule has 0 saturated heterocycles. The number of likely N-dealkylation sites (N-methyl/N-ethyl adjacent to an activating group) is 1. The van der Waals surface area contributed by atoms with Gasteiger partial charge in [0.1, 0.15) is 6.07 Å². The molecule has 0 radical (unpaired) electrons. The van der Waals surface area contributed by atoms with Crippen LogP contribution < -0.4 is 5.32 Å². The Kier molecular flexibility index (Phi) is 5.99. The van der Waals surface area contributed by atoms with Gasteiger partial charge in [0.15, 0.2) is 0 Å². The van der Waals surface area contributed by atoms with Gasteiger partial charge in [-0.3, -0.25) is 0 Å². The summed E-state index contributed by atoms with van der Waals surface area (Å²) in [5, 5.41) is 24.0. The molecule has 24 heavy (non-hydrogen) atoms. The van der Waals surface area contributed by atoms with Crippen molar-refractivity contribution in [2.45, 2.75) is 12.1 Å². The first-order valence-electron chi connectivity index (χ1n) is 7.63. The zero-order chi connectivity index (χ0) is 16.2. The molecule has 4 nitrogen and oxygen atoms in total. The van der Waals surface area contributed by atoms with E-state index in [9.17, 15) is 10.4 Å². The van der Waals surface area contributed by atoms with Crippen LogP contribution in [0.15, 0.2) is 60.8 Å². The van der Waals surface area contributed by atoms with E-state index in [1.807, 2.05) is 72.4 Å². The van der Waals surface area contributed by atoms with Crippen molar-refractivity contribution in [1.82, 2.24) is 9.88 Å². The van der Waals surface area contributed by atoms with Crippen molar-refractivity contribution in [3.05, 3.63) is 71.9 Å². The fourth-order valence-electron chi connectivity index (χ4n) is 3.06. The molecule has 0 aliphatic carbocycles. The van der Waals surface area contributed by atoms with E-state index in [4.69, 9.17) is 0 Å². The lowest BCUT2D eigenvalue weighted by Gasteiger charge is -2.26. The van der Waals surface area contributed by atoms with Crippen molar-refractivity contribution in [1.29, 1.82) is 5.26 Å². The minimum absolute atomic E-state index is 0. The molecule has 0 spiro atoms. The first-order valence-corrected chi connectivity index (χ1v) is 7.63. The second-order valence-corrected chi connectivity index (χ2v) is 5.56. The molecule has 3 aromatic rings. The average molecular weight is 342 g/mol. The maximum atomic E-state index is 10.7. The Morgan fingerprint density at radius 2 is 1.79 bits per heavy atom. The Labute approximate surface area is 147 Å². The lowest BCUT2D eigenvalue weighted by Crippen LogP contribution is -2.33. The third kappa shape index (κ3) is 3.29. The average Bonchev–Trinajstić information content (AvgIpc) is 2.95. The number of aliphatic hydroxyl groups excluding tert-OH is 1. The smallest absolute Gasteiger partial charge is 0.101 e. The van der Waals surface area contributed by atoms with E-state index in [0.29, 0.717) is 12.1 Å². The maximum Gasteiger partial charge on any atom is 0.101 e. The number of rotatable bonds is 5. The van der Waals surface area contributed by atoms with Gasteiger partial charge < -0.3 is 15.0 Å². The number of para-hydroxylation sites is 1. The maximum absolute atomic E-state index is 10.7. The van der Waals surface area contributed by atoms with Gasteiger partial charge in [-0.2, -0.15) is 5.26 Å². The minimum atomic E-state index is -0.607. The monoisotopic (exact) mass is 341 g/mol. The summed E-state index contributed by atoms with van der Waals surface area (Å²) >= 11 is 0. The highest BCUT2D eigenvalue weighted by atomic mass is 35.5. The van der Waals surface area contributed by atoms with E-state index in [0.717, 1.165) is 16.5 Å². The van der Waals surface area contributed by atoms with Crippen LogP contribution in [0.4, 0.5) is 0 Å². The van der Waals surface area contributed by atoms with Crippen LogP contribution in [0, 0.1) is 11.3 Å². The fraction of sp³-hybridized carbons (Fsp3) is 0.211. The van der Waals surface area contributed by atoms with Crippen LogP contribution in [-0.2, 0) is 0 Å². The number of aliphatic hydroxyl groups is 1. The van der Waals surface area contributed by atoms with Gasteiger partial charge >= 0.3 is 0 Å². The van der Waals surface area contributed by atoms with E-state index in [2.05, 4.69) is 11.4 Å². The van der Waals surface area contributed by atoms with Crippen LogP contribution in [0.3, 0.4) is 0 Å². The second-order valence-electron chi connectivity index (χ2n) is 5.56. The van der Waals surface area contributed by atoms with Crippen molar-refractivity contribution in [2.75, 3.05) is 13.6 Å². The minimum Gasteiger partial charge on any atom is -0.389 e. The Bertz CT molecular complexity index is 839. The summed E-state index contributed by atoms with van der Waals surface area (Å²) in [5.41, 5.74) is 2.59. The molecule has 0 bridgehead atoms. The number of aromatic nitrogens is 1. The van der Waals surface area contributed by atoms with E-state index in [1.165, 1.54) is 0 Å². The summed E-state index contributed by atoms with van der Waals surface area (Å²) in [6.45, 7) is 0.466. The van der Waals surface area contributed by atoms with E-state index < -0.39 is 6.10 Å². The van der Waals surface area contributed by atoms with E-state index >= 15 is 0 Å². The van der Waals surface area contributed by atoms with Crippen molar-refractivity contribution >= 4 is 23.3 Å². The molecule has 0 aliphatic rings. The third-order valence-corrected chi connectivity index (χ3v) is 4.08. The lowest BCUT2D eigenvalue weighted by molar-refractivity contribution is 0.132. The van der Waals surface area contributed by atoms with Gasteiger partial charge in [0.05, 0.1) is 23.2 Å². The lowest BCUT2D eigenvalue weighted by atomic mass is 10.0. The third-order valence-electron chi connectivity index (χ3n) is 4.08. The SMILES string of the molecule is CNCC(O)C(c1ccccc1)n1cc(C#N)c2ccccc21.Cl. The molecule has 0 fully saturated rings. The normalized spacial score (nSPS) is 13.0. The molecule has 5 heteroatoms. The van der Waals surface area contributed by atoms with E-state index in [-0.39, 0.29) is 18.4 Å². The summed E-state index contributed by atoms with van der Waals surface area (Å²) in [4.78, 5) is 0. The van der Waals surface area contributed by atoms with Gasteiger partial charge in [-0.1, -0.05) is 48.5 Å². The molecule has 0 saturated carbocycles. The molecule has 0 aliphatic heterocycles. The van der Waals surface area contributed by atoms with Crippen LogP contribution in [-0.4, -0.2) is 29.4 Å². The van der Waals surface area contributed by atoms with Crippen molar-refractivity contribution < 1.29 is 5.11 Å². The fourth-order valence-corrected chi connectivity index (χ4v) is 3.06. The highest BCUT2D eigenvalue weighted by Crippen LogP contribution is 2.30.